The van der Waals surface area contributed by atoms with Gasteiger partial charge < -0.3 is 19.7 Å². The summed E-state index contributed by atoms with van der Waals surface area (Å²) in [5.41, 5.74) is -0.168. The standard InChI is InChI=1S/C25H19F5N2O7/c1-11(6-18(33)17-8-20(39-32-17)12-4-2-3-5-13(12)26)25(37)31-16(9-21(35)36)19(34)10-38-24-22(29)14(27)7-15(28)23(24)30/h2-5,7-8,11,16H,6,9-10H2,1H3,(H,31,37)(H,35,36)/t11-,16+/m1/s1. The topological polar surface area (TPSA) is 136 Å². The quantitative estimate of drug-likeness (QED) is 0.196. The van der Waals surface area contributed by atoms with Gasteiger partial charge in [0.1, 0.15) is 24.2 Å². The number of benzene rings is 2. The van der Waals surface area contributed by atoms with Gasteiger partial charge in [-0.25, -0.2) is 13.2 Å². The van der Waals surface area contributed by atoms with Crippen LogP contribution in [0.2, 0.25) is 0 Å². The van der Waals surface area contributed by atoms with Crippen LogP contribution in [0.3, 0.4) is 0 Å². The minimum atomic E-state index is -1.92. The molecule has 206 valence electrons. The number of hydrogen-bond donors (Lipinski definition) is 2. The van der Waals surface area contributed by atoms with E-state index in [1.807, 2.05) is 0 Å². The summed E-state index contributed by atoms with van der Waals surface area (Å²) >= 11 is 0. The van der Waals surface area contributed by atoms with E-state index in [2.05, 4.69) is 15.2 Å². The fourth-order valence-corrected chi connectivity index (χ4v) is 3.33. The molecule has 0 aliphatic rings. The third-order valence-corrected chi connectivity index (χ3v) is 5.39. The number of rotatable bonds is 12. The normalized spacial score (nSPS) is 12.5. The van der Waals surface area contributed by atoms with E-state index in [1.165, 1.54) is 37.3 Å². The Kier molecular flexibility index (Phi) is 9.12. The molecule has 2 atom stereocenters. The fourth-order valence-electron chi connectivity index (χ4n) is 3.33. The molecule has 0 bridgehead atoms. The first-order valence-electron chi connectivity index (χ1n) is 11.1. The van der Waals surface area contributed by atoms with Gasteiger partial charge in [-0.05, 0) is 12.1 Å². The number of nitrogens with zero attached hydrogens (tertiary/aromatic N) is 1. The first-order valence-corrected chi connectivity index (χ1v) is 11.1. The van der Waals surface area contributed by atoms with E-state index in [4.69, 9.17) is 9.63 Å². The second-order valence-electron chi connectivity index (χ2n) is 8.30. The monoisotopic (exact) mass is 554 g/mol. The summed E-state index contributed by atoms with van der Waals surface area (Å²) < 4.78 is 77.6. The number of ketones is 2. The molecule has 39 heavy (non-hydrogen) atoms. The van der Waals surface area contributed by atoms with E-state index in [0.29, 0.717) is 0 Å². The lowest BCUT2D eigenvalue weighted by atomic mass is 10.00. The van der Waals surface area contributed by atoms with Crippen LogP contribution in [-0.4, -0.2) is 46.4 Å². The maximum atomic E-state index is 13.9. The van der Waals surface area contributed by atoms with Crippen molar-refractivity contribution in [2.75, 3.05) is 6.61 Å². The minimum Gasteiger partial charge on any atom is -0.481 e. The molecule has 9 nitrogen and oxygen atoms in total. The van der Waals surface area contributed by atoms with Crippen molar-refractivity contribution < 1.29 is 55.5 Å². The van der Waals surface area contributed by atoms with Crippen molar-refractivity contribution in [2.24, 2.45) is 5.92 Å². The molecule has 0 saturated carbocycles. The maximum Gasteiger partial charge on any atom is 0.305 e. The van der Waals surface area contributed by atoms with Crippen molar-refractivity contribution in [2.45, 2.75) is 25.8 Å². The molecule has 2 aromatic carbocycles. The van der Waals surface area contributed by atoms with Gasteiger partial charge in [0.15, 0.2) is 34.7 Å². The van der Waals surface area contributed by atoms with Crippen molar-refractivity contribution in [1.29, 1.82) is 0 Å². The highest BCUT2D eigenvalue weighted by atomic mass is 19.2. The average Bonchev–Trinajstić information content (AvgIpc) is 3.37. The molecule has 0 aliphatic carbocycles. The van der Waals surface area contributed by atoms with Crippen molar-refractivity contribution in [3.8, 4) is 17.1 Å². The van der Waals surface area contributed by atoms with E-state index in [1.54, 1.807) is 0 Å². The van der Waals surface area contributed by atoms with E-state index in [-0.39, 0.29) is 23.1 Å². The number of carbonyl (C=O) groups is 4. The van der Waals surface area contributed by atoms with Gasteiger partial charge in [-0.3, -0.25) is 19.2 Å². The molecule has 3 aromatic rings. The van der Waals surface area contributed by atoms with E-state index in [9.17, 15) is 41.1 Å². The first-order chi connectivity index (χ1) is 18.4. The van der Waals surface area contributed by atoms with Crippen LogP contribution < -0.4 is 10.1 Å². The van der Waals surface area contributed by atoms with Crippen LogP contribution in [0, 0.1) is 35.0 Å². The molecular weight excluding hydrogens is 535 g/mol. The molecule has 3 rings (SSSR count). The highest BCUT2D eigenvalue weighted by Crippen LogP contribution is 2.27. The zero-order chi connectivity index (χ0) is 28.9. The lowest BCUT2D eigenvalue weighted by Gasteiger charge is -2.19. The van der Waals surface area contributed by atoms with Gasteiger partial charge in [0.05, 0.1) is 12.0 Å². The van der Waals surface area contributed by atoms with Gasteiger partial charge in [0, 0.05) is 24.5 Å². The molecule has 0 unspecified atom stereocenters. The zero-order valence-corrected chi connectivity index (χ0v) is 20.0. The number of ether oxygens (including phenoxy) is 1. The first kappa shape index (κ1) is 28.9. The fraction of sp³-hybridized carbons (Fsp3) is 0.240. The predicted molar refractivity (Wildman–Crippen MR) is 121 cm³/mol. The third-order valence-electron chi connectivity index (χ3n) is 5.39. The number of carboxylic acid groups (broad SMARTS) is 1. The highest BCUT2D eigenvalue weighted by Gasteiger charge is 2.29. The number of aromatic nitrogens is 1. The Hall–Kier alpha value is -4.62. The second kappa shape index (κ2) is 12.3. The van der Waals surface area contributed by atoms with Gasteiger partial charge in [-0.2, -0.15) is 8.78 Å². The molecular formula is C25H19F5N2O7. The van der Waals surface area contributed by atoms with Crippen LogP contribution in [0.5, 0.6) is 5.75 Å². The molecule has 1 amide bonds. The molecule has 0 spiro atoms. The number of Topliss-reactive ketones (excluding diaryl/α,β-unsaturated/α-hetero) is 2. The van der Waals surface area contributed by atoms with Gasteiger partial charge in [-0.1, -0.05) is 24.2 Å². The number of halogens is 5. The van der Waals surface area contributed by atoms with Crippen LogP contribution in [0.15, 0.2) is 40.9 Å². The number of carbonyl (C=O) groups excluding carboxylic acids is 3. The summed E-state index contributed by atoms with van der Waals surface area (Å²) in [6, 6.07) is 4.89. The lowest BCUT2D eigenvalue weighted by molar-refractivity contribution is -0.140. The smallest absolute Gasteiger partial charge is 0.305 e. The SMILES string of the molecule is C[C@H](CC(=O)c1cc(-c2ccccc2F)on1)C(=O)N[C@@H](CC(=O)O)C(=O)COc1c(F)c(F)cc(F)c1F. The summed E-state index contributed by atoms with van der Waals surface area (Å²) in [6.45, 7) is 0.0319. The van der Waals surface area contributed by atoms with E-state index in [0.717, 1.165) is 0 Å². The van der Waals surface area contributed by atoms with Gasteiger partial charge in [0.2, 0.25) is 17.5 Å². The van der Waals surface area contributed by atoms with Crippen LogP contribution in [0.1, 0.15) is 30.3 Å². The number of hydrogen-bond acceptors (Lipinski definition) is 7. The minimum absolute atomic E-state index is 0.0354. The summed E-state index contributed by atoms with van der Waals surface area (Å²) in [4.78, 5) is 48.8. The third kappa shape index (κ3) is 7.03. The number of carboxylic acids is 1. The predicted octanol–water partition coefficient (Wildman–Crippen LogP) is 3.85. The number of nitrogens with one attached hydrogen (secondary N) is 1. The Labute approximate surface area is 216 Å². The summed E-state index contributed by atoms with van der Waals surface area (Å²) in [6.07, 6.45) is -1.45. The molecule has 0 aliphatic heterocycles. The maximum absolute atomic E-state index is 13.9. The molecule has 14 heteroatoms. The molecule has 1 heterocycles. The molecule has 1 aromatic heterocycles. The number of amides is 1. The summed E-state index contributed by atoms with van der Waals surface area (Å²) in [5, 5.41) is 14.7. The van der Waals surface area contributed by atoms with Gasteiger partial charge in [-0.15, -0.1) is 0 Å². The van der Waals surface area contributed by atoms with Crippen molar-refractivity contribution in [3.05, 3.63) is 71.2 Å². The van der Waals surface area contributed by atoms with Crippen molar-refractivity contribution in [3.63, 3.8) is 0 Å². The molecule has 2 N–H and O–H groups in total. The highest BCUT2D eigenvalue weighted by molar-refractivity contribution is 5.98. The van der Waals surface area contributed by atoms with Crippen molar-refractivity contribution >= 4 is 23.4 Å². The average molecular weight is 554 g/mol. The van der Waals surface area contributed by atoms with Crippen LogP contribution in [0.25, 0.3) is 11.3 Å². The molecule has 0 radical (unpaired) electrons. The molecule has 0 fully saturated rings. The second-order valence-corrected chi connectivity index (χ2v) is 8.30. The molecule has 0 saturated heterocycles. The Bertz CT molecular complexity index is 1400. The Morgan fingerprint density at radius 3 is 2.23 bits per heavy atom. The summed E-state index contributed by atoms with van der Waals surface area (Å²) in [5.74, 6) is -15.1. The van der Waals surface area contributed by atoms with Crippen LogP contribution in [0.4, 0.5) is 22.0 Å². The Balaban J connectivity index is 1.64. The van der Waals surface area contributed by atoms with E-state index >= 15 is 0 Å². The lowest BCUT2D eigenvalue weighted by Crippen LogP contribution is -2.46. The van der Waals surface area contributed by atoms with Gasteiger partial charge in [0.25, 0.3) is 0 Å². The van der Waals surface area contributed by atoms with Crippen LogP contribution >= 0.6 is 0 Å². The van der Waals surface area contributed by atoms with Gasteiger partial charge >= 0.3 is 5.97 Å². The largest absolute Gasteiger partial charge is 0.481 e. The number of aliphatic carboxylic acids is 1. The van der Waals surface area contributed by atoms with Crippen LogP contribution in [-0.2, 0) is 14.4 Å². The zero-order valence-electron chi connectivity index (χ0n) is 20.0. The summed E-state index contributed by atoms with van der Waals surface area (Å²) in [7, 11) is 0. The Morgan fingerprint density at radius 1 is 0.974 bits per heavy atom. The Morgan fingerprint density at radius 2 is 1.62 bits per heavy atom. The van der Waals surface area contributed by atoms with Crippen molar-refractivity contribution in [1.82, 2.24) is 10.5 Å². The van der Waals surface area contributed by atoms with E-state index < -0.39 is 89.7 Å².